The van der Waals surface area contributed by atoms with Gasteiger partial charge in [-0.05, 0) is 12.1 Å². The first-order valence-corrected chi connectivity index (χ1v) is 11.9. The van der Waals surface area contributed by atoms with E-state index < -0.39 is 0 Å². The summed E-state index contributed by atoms with van der Waals surface area (Å²) in [4.78, 5) is 25.7. The van der Waals surface area contributed by atoms with Crippen LogP contribution in [-0.4, -0.2) is 116 Å². The van der Waals surface area contributed by atoms with Gasteiger partial charge in [-0.15, -0.1) is 6.58 Å². The quantitative estimate of drug-likeness (QED) is 0.127. The number of hydrogen-bond donors (Lipinski definition) is 0. The van der Waals surface area contributed by atoms with Gasteiger partial charge in [0.25, 0.3) is 11.8 Å². The van der Waals surface area contributed by atoms with Crippen molar-refractivity contribution in [2.75, 3.05) is 99.0 Å². The van der Waals surface area contributed by atoms with Crippen molar-refractivity contribution in [3.05, 3.63) is 48.0 Å². The Balaban J connectivity index is 1.27. The van der Waals surface area contributed by atoms with Crippen molar-refractivity contribution >= 4 is 11.8 Å². The molecule has 35 heavy (non-hydrogen) atoms. The van der Waals surface area contributed by atoms with Crippen LogP contribution in [0, 0.1) is 0 Å². The van der Waals surface area contributed by atoms with Gasteiger partial charge in [-0.25, -0.2) is 0 Å². The van der Waals surface area contributed by atoms with Gasteiger partial charge in [0.1, 0.15) is 0 Å². The highest BCUT2D eigenvalue weighted by Gasteiger charge is 2.34. The van der Waals surface area contributed by atoms with E-state index >= 15 is 0 Å². The Morgan fingerprint density at radius 3 is 1.29 bits per heavy atom. The lowest BCUT2D eigenvalue weighted by Gasteiger charge is -2.13. The summed E-state index contributed by atoms with van der Waals surface area (Å²) < 4.78 is 37.7. The zero-order valence-electron chi connectivity index (χ0n) is 20.3. The summed E-state index contributed by atoms with van der Waals surface area (Å²) in [6, 6.07) is 6.82. The lowest BCUT2D eigenvalue weighted by atomic mass is 10.1. The van der Waals surface area contributed by atoms with E-state index in [2.05, 4.69) is 6.58 Å². The van der Waals surface area contributed by atoms with Crippen LogP contribution in [0.4, 0.5) is 0 Å². The zero-order chi connectivity index (χ0) is 25.0. The first kappa shape index (κ1) is 29.1. The summed E-state index contributed by atoms with van der Waals surface area (Å²) in [6.45, 7) is 10.4. The molecule has 0 fully saturated rings. The number of carbonyl (C=O) groups is 2. The van der Waals surface area contributed by atoms with Crippen molar-refractivity contribution < 1.29 is 42.7 Å². The van der Waals surface area contributed by atoms with E-state index in [0.717, 1.165) is 0 Å². The first-order valence-electron chi connectivity index (χ1n) is 11.9. The minimum atomic E-state index is -0.273. The average Bonchev–Trinajstić information content (AvgIpc) is 3.12. The topological polar surface area (TPSA) is 102 Å². The molecule has 0 saturated heterocycles. The number of benzene rings is 1. The molecule has 0 radical (unpaired) electrons. The zero-order valence-corrected chi connectivity index (χ0v) is 20.3. The SMILES string of the molecule is C=CCOCCOCCOCCOCCOCCOCCOCCN1C(=O)c2ccccc2C1=O. The Bertz CT molecular complexity index is 708. The van der Waals surface area contributed by atoms with Gasteiger partial charge >= 0.3 is 0 Å². The Hall–Kier alpha value is -2.18. The van der Waals surface area contributed by atoms with Gasteiger partial charge in [0, 0.05) is 0 Å². The highest BCUT2D eigenvalue weighted by Crippen LogP contribution is 2.21. The Kier molecular flexibility index (Phi) is 15.8. The van der Waals surface area contributed by atoms with Crippen molar-refractivity contribution in [1.29, 1.82) is 0 Å². The first-order chi connectivity index (χ1) is 17.3. The third kappa shape index (κ3) is 11.9. The van der Waals surface area contributed by atoms with Crippen molar-refractivity contribution in [2.24, 2.45) is 0 Å². The van der Waals surface area contributed by atoms with Gasteiger partial charge in [-0.3, -0.25) is 14.5 Å². The lowest BCUT2D eigenvalue weighted by Crippen LogP contribution is -2.33. The molecule has 0 bridgehead atoms. The fourth-order valence-corrected chi connectivity index (χ4v) is 3.08. The summed E-state index contributed by atoms with van der Waals surface area (Å²) in [6.07, 6.45) is 1.70. The van der Waals surface area contributed by atoms with Crippen LogP contribution in [0.15, 0.2) is 36.9 Å². The standard InChI is InChI=1S/C25H37NO9/c1-2-8-29-10-12-31-14-16-33-18-20-35-21-19-34-17-15-32-13-11-30-9-7-26-24(27)22-5-3-4-6-23(22)25(26)28/h2-6H,1,7-21H2. The minimum absolute atomic E-state index is 0.222. The number of fused-ring (bicyclic) bond motifs is 1. The van der Waals surface area contributed by atoms with Crippen LogP contribution in [0.5, 0.6) is 0 Å². The van der Waals surface area contributed by atoms with Crippen LogP contribution < -0.4 is 0 Å². The number of imide groups is 1. The second-order valence-electron chi connectivity index (χ2n) is 7.35. The van der Waals surface area contributed by atoms with E-state index in [1.165, 1.54) is 4.90 Å². The van der Waals surface area contributed by atoms with E-state index in [0.29, 0.717) is 97.0 Å². The maximum atomic E-state index is 12.2. The number of ether oxygens (including phenoxy) is 7. The van der Waals surface area contributed by atoms with E-state index in [4.69, 9.17) is 33.2 Å². The fourth-order valence-electron chi connectivity index (χ4n) is 3.08. The highest BCUT2D eigenvalue weighted by atomic mass is 16.6. The fraction of sp³-hybridized carbons (Fsp3) is 0.600. The van der Waals surface area contributed by atoms with Crippen molar-refractivity contribution in [2.45, 2.75) is 0 Å². The predicted molar refractivity (Wildman–Crippen MR) is 128 cm³/mol. The molecule has 10 heteroatoms. The molecule has 1 aliphatic heterocycles. The highest BCUT2D eigenvalue weighted by molar-refractivity contribution is 6.21. The van der Waals surface area contributed by atoms with Crippen LogP contribution in [0.25, 0.3) is 0 Å². The van der Waals surface area contributed by atoms with E-state index in [1.54, 1.807) is 30.3 Å². The molecule has 1 heterocycles. The maximum Gasteiger partial charge on any atom is 0.261 e. The van der Waals surface area contributed by atoms with Gasteiger partial charge in [0.2, 0.25) is 0 Å². The molecule has 0 aliphatic carbocycles. The second kappa shape index (κ2) is 19.1. The van der Waals surface area contributed by atoms with Crippen LogP contribution in [0.1, 0.15) is 20.7 Å². The normalized spacial score (nSPS) is 13.0. The monoisotopic (exact) mass is 495 g/mol. The van der Waals surface area contributed by atoms with Crippen LogP contribution >= 0.6 is 0 Å². The molecule has 0 unspecified atom stereocenters. The molecule has 0 N–H and O–H groups in total. The summed E-state index contributed by atoms with van der Waals surface area (Å²) in [5, 5.41) is 0. The second-order valence-corrected chi connectivity index (χ2v) is 7.35. The molecule has 0 atom stereocenters. The van der Waals surface area contributed by atoms with Crippen molar-refractivity contribution in [3.63, 3.8) is 0 Å². The molecule has 0 saturated carbocycles. The van der Waals surface area contributed by atoms with E-state index in [9.17, 15) is 9.59 Å². The van der Waals surface area contributed by atoms with Crippen molar-refractivity contribution in [3.8, 4) is 0 Å². The molecule has 1 aromatic carbocycles. The number of carbonyl (C=O) groups excluding carboxylic acids is 2. The Morgan fingerprint density at radius 2 is 0.914 bits per heavy atom. The van der Waals surface area contributed by atoms with E-state index in [1.807, 2.05) is 0 Å². The molecule has 1 aliphatic rings. The predicted octanol–water partition coefficient (Wildman–Crippen LogP) is 1.58. The molecular weight excluding hydrogens is 458 g/mol. The summed E-state index contributed by atoms with van der Waals surface area (Å²) in [5.74, 6) is -0.545. The average molecular weight is 496 g/mol. The minimum Gasteiger partial charge on any atom is -0.377 e. The summed E-state index contributed by atoms with van der Waals surface area (Å²) in [7, 11) is 0. The molecule has 0 aromatic heterocycles. The van der Waals surface area contributed by atoms with Crippen LogP contribution in [0.2, 0.25) is 0 Å². The molecular formula is C25H37NO9. The molecule has 0 spiro atoms. The number of amides is 2. The van der Waals surface area contributed by atoms with Crippen LogP contribution in [-0.2, 0) is 33.2 Å². The molecule has 2 rings (SSSR count). The number of hydrogen-bond acceptors (Lipinski definition) is 9. The molecule has 196 valence electrons. The van der Waals surface area contributed by atoms with Crippen LogP contribution in [0.3, 0.4) is 0 Å². The number of rotatable bonds is 23. The third-order valence-corrected chi connectivity index (χ3v) is 4.81. The maximum absolute atomic E-state index is 12.2. The molecule has 1 aromatic rings. The Morgan fingerprint density at radius 1 is 0.571 bits per heavy atom. The van der Waals surface area contributed by atoms with Gasteiger partial charge in [0.15, 0.2) is 0 Å². The Labute approximate surface area is 207 Å². The molecule has 10 nitrogen and oxygen atoms in total. The van der Waals surface area contributed by atoms with Gasteiger partial charge in [-0.1, -0.05) is 18.2 Å². The van der Waals surface area contributed by atoms with Gasteiger partial charge < -0.3 is 33.2 Å². The van der Waals surface area contributed by atoms with Gasteiger partial charge in [-0.2, -0.15) is 0 Å². The largest absolute Gasteiger partial charge is 0.377 e. The van der Waals surface area contributed by atoms with E-state index in [-0.39, 0.29) is 25.0 Å². The smallest absolute Gasteiger partial charge is 0.261 e. The lowest BCUT2D eigenvalue weighted by molar-refractivity contribution is -0.0201. The summed E-state index contributed by atoms with van der Waals surface area (Å²) >= 11 is 0. The third-order valence-electron chi connectivity index (χ3n) is 4.81. The number of nitrogens with zero attached hydrogens (tertiary/aromatic N) is 1. The van der Waals surface area contributed by atoms with Crippen molar-refractivity contribution in [1.82, 2.24) is 4.90 Å². The molecule has 2 amide bonds. The summed E-state index contributed by atoms with van der Waals surface area (Å²) in [5.41, 5.74) is 0.893. The van der Waals surface area contributed by atoms with Gasteiger partial charge in [0.05, 0.1) is 110 Å².